The Morgan fingerprint density at radius 1 is 0.470 bits per heavy atom. The maximum absolute atomic E-state index is 7.20. The second kappa shape index (κ2) is 15.7. The summed E-state index contributed by atoms with van der Waals surface area (Å²) in [5.74, 6) is 0. The third-order valence-electron chi connectivity index (χ3n) is 14.7. The van der Waals surface area contributed by atoms with Crippen molar-refractivity contribution in [3.8, 4) is 22.5 Å². The van der Waals surface area contributed by atoms with Crippen LogP contribution in [0.2, 0.25) is 0 Å². The van der Waals surface area contributed by atoms with Crippen molar-refractivity contribution in [2.24, 2.45) is 0 Å². The highest BCUT2D eigenvalue weighted by Crippen LogP contribution is 2.55. The monoisotopic (exact) mass is 925 g/mol. The molecule has 0 saturated carbocycles. The number of nitrogens with zero attached hydrogens (tertiary/aromatic N) is 3. The van der Waals surface area contributed by atoms with Crippen molar-refractivity contribution in [3.63, 3.8) is 0 Å². The fourth-order valence-electron chi connectivity index (χ4n) is 10.6. The number of anilines is 6. The van der Waals surface area contributed by atoms with Crippen LogP contribution in [0, 0.1) is 0 Å². The van der Waals surface area contributed by atoms with E-state index in [0.29, 0.717) is 6.42 Å². The molecule has 1 fully saturated rings. The molecule has 3 aliphatic rings. The van der Waals surface area contributed by atoms with Gasteiger partial charge in [0.15, 0.2) is 0 Å². The number of halogens is 1. The zero-order valence-corrected chi connectivity index (χ0v) is 40.2. The maximum atomic E-state index is 7.20. The molecule has 0 spiro atoms. The molecule has 0 N–H and O–H groups in total. The summed E-state index contributed by atoms with van der Waals surface area (Å²) in [7, 11) is -0.536. The van der Waals surface area contributed by atoms with Crippen LogP contribution in [-0.2, 0) is 26.6 Å². The van der Waals surface area contributed by atoms with Crippen LogP contribution in [0.25, 0.3) is 22.5 Å². The Morgan fingerprint density at radius 3 is 1.62 bits per heavy atom. The first kappa shape index (κ1) is 42.4. The van der Waals surface area contributed by atoms with Gasteiger partial charge in [0.25, 0.3) is 0 Å². The Kier molecular flexibility index (Phi) is 10.1. The van der Waals surface area contributed by atoms with Gasteiger partial charge >= 0.3 is 7.12 Å². The Labute approximate surface area is 398 Å². The van der Waals surface area contributed by atoms with E-state index in [-0.39, 0.29) is 10.8 Å². The molecule has 7 heteroatoms. The van der Waals surface area contributed by atoms with Gasteiger partial charge in [-0.15, -0.1) is 0 Å². The molecule has 0 radical (unpaired) electrons. The Bertz CT molecular complexity index is 3100. The minimum absolute atomic E-state index is 0.245. The van der Waals surface area contributed by atoms with E-state index in [4.69, 9.17) is 14.3 Å². The maximum Gasteiger partial charge on any atom is 0.494 e. The highest BCUT2D eigenvalue weighted by atomic mass is 79.9. The summed E-state index contributed by atoms with van der Waals surface area (Å²) in [6, 6.07) is 65.3. The number of fused-ring (bicyclic) bond motifs is 4. The van der Waals surface area contributed by atoms with E-state index < -0.39 is 18.3 Å². The van der Waals surface area contributed by atoms with Gasteiger partial charge in [-0.05, 0) is 115 Å². The van der Waals surface area contributed by atoms with Gasteiger partial charge in [-0.1, -0.05) is 165 Å². The molecule has 5 nitrogen and oxygen atoms in total. The second-order valence-corrected chi connectivity index (χ2v) is 20.8. The van der Waals surface area contributed by atoms with Gasteiger partial charge in [-0.3, -0.25) is 0 Å². The van der Waals surface area contributed by atoms with Crippen LogP contribution in [0.4, 0.5) is 34.1 Å². The largest absolute Gasteiger partial charge is 0.494 e. The van der Waals surface area contributed by atoms with Gasteiger partial charge in [-0.25, -0.2) is 4.98 Å². The molecule has 4 heterocycles. The average molecular weight is 927 g/mol. The van der Waals surface area contributed by atoms with E-state index in [2.05, 4.69) is 256 Å². The molecule has 1 atom stereocenters. The van der Waals surface area contributed by atoms with Crippen LogP contribution in [0.15, 0.2) is 186 Å². The molecule has 66 heavy (non-hydrogen) atoms. The first-order valence-electron chi connectivity index (χ1n) is 23.0. The number of hydrogen-bond donors (Lipinski definition) is 0. The van der Waals surface area contributed by atoms with E-state index in [1.54, 1.807) is 0 Å². The van der Waals surface area contributed by atoms with Gasteiger partial charge < -0.3 is 19.1 Å². The standard InChI is InChI=1S/C59H53BBrN3O2/c1-56(2)46-25-17-18-26-52(46)63(44-23-15-10-16-24-44)54-31-28-42(34-48(54)56)60-65-58(5,6)59(7,66-60)38-39-27-30-53-47(33-39)57(3,4)49-35-43(61)29-32-55(49)64(53)45-36-50(40-19-11-8-12-20-40)62-51(37-45)41-21-13-9-14-22-41/h8-37H,38H2,1-7H3. The number of hydrogen-bond acceptors (Lipinski definition) is 5. The lowest BCUT2D eigenvalue weighted by molar-refractivity contribution is -0.00878. The molecule has 1 unspecified atom stereocenters. The molecule has 326 valence electrons. The molecule has 7 aromatic carbocycles. The second-order valence-electron chi connectivity index (χ2n) is 19.9. The summed E-state index contributed by atoms with van der Waals surface area (Å²) in [6.07, 6.45) is 0.669. The van der Waals surface area contributed by atoms with Gasteiger partial charge in [0.05, 0.1) is 51.0 Å². The van der Waals surface area contributed by atoms with Crippen LogP contribution in [-0.4, -0.2) is 23.3 Å². The smallest absolute Gasteiger partial charge is 0.399 e. The summed E-state index contributed by atoms with van der Waals surface area (Å²) in [5.41, 5.74) is 16.4. The van der Waals surface area contributed by atoms with Crippen LogP contribution in [0.5, 0.6) is 0 Å². The van der Waals surface area contributed by atoms with Crippen molar-refractivity contribution in [1.82, 2.24) is 4.98 Å². The van der Waals surface area contributed by atoms with Crippen LogP contribution in [0.1, 0.15) is 76.3 Å². The number of benzene rings is 7. The van der Waals surface area contributed by atoms with E-state index in [1.807, 2.05) is 0 Å². The summed E-state index contributed by atoms with van der Waals surface area (Å²) in [4.78, 5) is 10.1. The van der Waals surface area contributed by atoms with Gasteiger partial charge in [0, 0.05) is 38.5 Å². The van der Waals surface area contributed by atoms with Gasteiger partial charge in [0.2, 0.25) is 0 Å². The fraction of sp³-hybridized carbons (Fsp3) is 0.203. The predicted octanol–water partition coefficient (Wildman–Crippen LogP) is 14.9. The van der Waals surface area contributed by atoms with Crippen LogP contribution >= 0.6 is 15.9 Å². The molecule has 1 saturated heterocycles. The predicted molar refractivity (Wildman–Crippen MR) is 277 cm³/mol. The Morgan fingerprint density at radius 2 is 0.970 bits per heavy atom. The quantitative estimate of drug-likeness (QED) is 0.149. The van der Waals surface area contributed by atoms with Crippen molar-refractivity contribution in [3.05, 3.63) is 214 Å². The highest BCUT2D eigenvalue weighted by molar-refractivity contribution is 9.10. The molecule has 1 aromatic heterocycles. The lowest BCUT2D eigenvalue weighted by atomic mass is 9.69. The molecular formula is C59H53BBrN3O2. The van der Waals surface area contributed by atoms with Crippen LogP contribution < -0.4 is 15.3 Å². The molecule has 0 bridgehead atoms. The number of para-hydroxylation sites is 2. The first-order chi connectivity index (χ1) is 31.7. The topological polar surface area (TPSA) is 37.8 Å². The molecule has 0 amide bonds. The third-order valence-corrected chi connectivity index (χ3v) is 15.2. The minimum atomic E-state index is -0.639. The Hall–Kier alpha value is -6.25. The number of aromatic nitrogens is 1. The number of rotatable bonds is 7. The first-order valence-corrected chi connectivity index (χ1v) is 23.8. The number of pyridine rings is 1. The molecular weight excluding hydrogens is 873 g/mol. The zero-order chi connectivity index (χ0) is 45.6. The lowest BCUT2D eigenvalue weighted by Crippen LogP contribution is -2.46. The summed E-state index contributed by atoms with van der Waals surface area (Å²) in [6.45, 7) is 15.9. The summed E-state index contributed by atoms with van der Waals surface area (Å²) < 4.78 is 15.2. The van der Waals surface area contributed by atoms with Gasteiger partial charge in [-0.2, -0.15) is 0 Å². The zero-order valence-electron chi connectivity index (χ0n) is 38.6. The average Bonchev–Trinajstić information content (AvgIpc) is 3.57. The highest BCUT2D eigenvalue weighted by Gasteiger charge is 2.55. The van der Waals surface area contributed by atoms with E-state index in [0.717, 1.165) is 55.2 Å². The normalized spacial score (nSPS) is 18.6. The van der Waals surface area contributed by atoms with Crippen molar-refractivity contribution in [1.29, 1.82) is 0 Å². The fourth-order valence-corrected chi connectivity index (χ4v) is 11.0. The molecule has 3 aliphatic heterocycles. The van der Waals surface area contributed by atoms with E-state index >= 15 is 0 Å². The van der Waals surface area contributed by atoms with Crippen LogP contribution in [0.3, 0.4) is 0 Å². The van der Waals surface area contributed by atoms with Crippen molar-refractivity contribution >= 4 is 62.6 Å². The molecule has 11 rings (SSSR count). The lowest BCUT2D eigenvalue weighted by Gasteiger charge is -2.43. The third kappa shape index (κ3) is 6.94. The van der Waals surface area contributed by atoms with E-state index in [9.17, 15) is 0 Å². The van der Waals surface area contributed by atoms with E-state index in [1.165, 1.54) is 39.2 Å². The van der Waals surface area contributed by atoms with Gasteiger partial charge in [0.1, 0.15) is 0 Å². The SMILES string of the molecule is CC1(C)c2cc(Br)ccc2N(c2cc(-c3ccccc3)nc(-c3ccccc3)c2)c2ccc(CC3(C)OB(c4ccc5c(c4)C(C)(C)c4ccccc4N5c4ccccc4)OC3(C)C)cc21. The van der Waals surface area contributed by atoms with Crippen molar-refractivity contribution in [2.75, 3.05) is 9.80 Å². The summed E-state index contributed by atoms with van der Waals surface area (Å²) in [5, 5.41) is 0. The molecule has 8 aromatic rings. The van der Waals surface area contributed by atoms with Crippen molar-refractivity contribution in [2.45, 2.75) is 76.9 Å². The summed E-state index contributed by atoms with van der Waals surface area (Å²) >= 11 is 3.85. The Balaban J connectivity index is 0.967. The van der Waals surface area contributed by atoms with Crippen molar-refractivity contribution < 1.29 is 9.31 Å². The molecule has 0 aliphatic carbocycles. The minimum Gasteiger partial charge on any atom is -0.399 e.